The highest BCUT2D eigenvalue weighted by atomic mass is 79.9. The molecule has 8 heteroatoms. The van der Waals surface area contributed by atoms with Gasteiger partial charge in [-0.25, -0.2) is 0 Å². The number of amides is 1. The number of carbonyl (C=O) groups is 1. The van der Waals surface area contributed by atoms with Gasteiger partial charge in [0.25, 0.3) is 11.6 Å². The quantitative estimate of drug-likeness (QED) is 0.620. The SMILES string of the molecule is O=C(Nc1ccc([N+](=O)[O-])cc1Br)c1cc(Br)c[nH]1. The Morgan fingerprint density at radius 3 is 2.58 bits per heavy atom. The fraction of sp³-hybridized carbons (Fsp3) is 0. The summed E-state index contributed by atoms with van der Waals surface area (Å²) in [6.45, 7) is 0. The lowest BCUT2D eigenvalue weighted by Gasteiger charge is -2.05. The van der Waals surface area contributed by atoms with Crippen LogP contribution in [0.3, 0.4) is 0 Å². The van der Waals surface area contributed by atoms with Gasteiger partial charge in [0.05, 0.1) is 10.6 Å². The van der Waals surface area contributed by atoms with E-state index in [1.165, 1.54) is 18.2 Å². The molecule has 1 amide bonds. The van der Waals surface area contributed by atoms with Gasteiger partial charge in [-0.05, 0) is 44.0 Å². The Hall–Kier alpha value is -1.67. The van der Waals surface area contributed by atoms with Gasteiger partial charge in [0.2, 0.25) is 0 Å². The molecule has 1 aromatic carbocycles. The van der Waals surface area contributed by atoms with Crippen LogP contribution in [0.2, 0.25) is 0 Å². The minimum Gasteiger partial charge on any atom is -0.356 e. The summed E-state index contributed by atoms with van der Waals surface area (Å²) in [5.74, 6) is -0.333. The zero-order chi connectivity index (χ0) is 14.0. The summed E-state index contributed by atoms with van der Waals surface area (Å²) in [7, 11) is 0. The van der Waals surface area contributed by atoms with Crippen LogP contribution in [0.1, 0.15) is 10.5 Å². The molecule has 1 aromatic heterocycles. The largest absolute Gasteiger partial charge is 0.356 e. The van der Waals surface area contributed by atoms with Crippen molar-refractivity contribution in [3.8, 4) is 0 Å². The van der Waals surface area contributed by atoms with Crippen LogP contribution in [0.4, 0.5) is 11.4 Å². The standard InChI is InChI=1S/C11H7Br2N3O3/c12-6-3-10(14-5-6)11(17)15-9-2-1-7(16(18)19)4-8(9)13/h1-5,14H,(H,15,17). The first-order valence-corrected chi connectivity index (χ1v) is 6.65. The van der Waals surface area contributed by atoms with Crippen molar-refractivity contribution in [2.75, 3.05) is 5.32 Å². The highest BCUT2D eigenvalue weighted by Gasteiger charge is 2.13. The molecule has 6 nitrogen and oxygen atoms in total. The molecular formula is C11H7Br2N3O3. The number of benzene rings is 1. The third-order valence-electron chi connectivity index (χ3n) is 2.30. The minimum absolute atomic E-state index is 0.0486. The van der Waals surface area contributed by atoms with Crippen molar-refractivity contribution < 1.29 is 9.72 Å². The predicted octanol–water partition coefficient (Wildman–Crippen LogP) is 3.70. The summed E-state index contributed by atoms with van der Waals surface area (Å²) in [5.41, 5.74) is 0.797. The van der Waals surface area contributed by atoms with Gasteiger partial charge in [-0.15, -0.1) is 0 Å². The normalized spacial score (nSPS) is 10.2. The molecule has 0 aliphatic carbocycles. The number of nitro benzene ring substituents is 1. The van der Waals surface area contributed by atoms with Crippen LogP contribution in [0, 0.1) is 10.1 Å². The van der Waals surface area contributed by atoms with Crippen LogP contribution >= 0.6 is 31.9 Å². The van der Waals surface area contributed by atoms with Gasteiger partial charge in [-0.3, -0.25) is 14.9 Å². The van der Waals surface area contributed by atoms with Crippen LogP contribution in [-0.2, 0) is 0 Å². The number of nitro groups is 1. The van der Waals surface area contributed by atoms with Gasteiger partial charge >= 0.3 is 0 Å². The average Bonchev–Trinajstić information content (AvgIpc) is 2.78. The van der Waals surface area contributed by atoms with E-state index in [1.54, 1.807) is 12.3 Å². The third-order valence-corrected chi connectivity index (χ3v) is 3.42. The summed E-state index contributed by atoms with van der Waals surface area (Å²) >= 11 is 6.41. The highest BCUT2D eigenvalue weighted by Crippen LogP contribution is 2.27. The Kier molecular flexibility index (Phi) is 4.01. The second-order valence-corrected chi connectivity index (χ2v) is 5.38. The van der Waals surface area contributed by atoms with E-state index >= 15 is 0 Å². The molecule has 0 saturated heterocycles. The van der Waals surface area contributed by atoms with Crippen molar-refractivity contribution in [2.45, 2.75) is 0 Å². The van der Waals surface area contributed by atoms with E-state index in [-0.39, 0.29) is 11.6 Å². The molecule has 2 aromatic rings. The Balaban J connectivity index is 2.20. The van der Waals surface area contributed by atoms with E-state index in [4.69, 9.17) is 0 Å². The van der Waals surface area contributed by atoms with Crippen molar-refractivity contribution >= 4 is 49.1 Å². The van der Waals surface area contributed by atoms with Crippen molar-refractivity contribution in [1.29, 1.82) is 0 Å². The molecule has 98 valence electrons. The topological polar surface area (TPSA) is 88.0 Å². The number of H-pyrrole nitrogens is 1. The summed E-state index contributed by atoms with van der Waals surface area (Å²) in [4.78, 5) is 24.8. The van der Waals surface area contributed by atoms with Gasteiger partial charge in [0.15, 0.2) is 0 Å². The summed E-state index contributed by atoms with van der Waals surface area (Å²) < 4.78 is 1.21. The molecule has 19 heavy (non-hydrogen) atoms. The number of anilines is 1. The number of nitrogens with zero attached hydrogens (tertiary/aromatic N) is 1. The molecule has 0 aliphatic rings. The number of hydrogen-bond donors (Lipinski definition) is 2. The Morgan fingerprint density at radius 1 is 1.32 bits per heavy atom. The number of nitrogens with one attached hydrogen (secondary N) is 2. The van der Waals surface area contributed by atoms with Crippen molar-refractivity contribution in [3.05, 3.63) is 55.2 Å². The molecule has 0 atom stereocenters. The molecule has 0 fully saturated rings. The molecule has 0 saturated carbocycles. The molecule has 0 unspecified atom stereocenters. The van der Waals surface area contributed by atoms with Crippen LogP contribution in [0.15, 0.2) is 39.4 Å². The lowest BCUT2D eigenvalue weighted by atomic mass is 10.2. The van der Waals surface area contributed by atoms with Crippen LogP contribution < -0.4 is 5.32 Å². The predicted molar refractivity (Wildman–Crippen MR) is 77.2 cm³/mol. The Morgan fingerprint density at radius 2 is 2.05 bits per heavy atom. The number of carbonyl (C=O) groups excluding carboxylic acids is 1. The maximum absolute atomic E-state index is 11.9. The molecular weight excluding hydrogens is 382 g/mol. The van der Waals surface area contributed by atoms with Crippen molar-refractivity contribution in [3.63, 3.8) is 0 Å². The Bertz CT molecular complexity index is 654. The van der Waals surface area contributed by atoms with Crippen LogP contribution in [-0.4, -0.2) is 15.8 Å². The zero-order valence-corrected chi connectivity index (χ0v) is 12.5. The second kappa shape index (κ2) is 5.54. The van der Waals surface area contributed by atoms with Crippen molar-refractivity contribution in [2.24, 2.45) is 0 Å². The molecule has 0 radical (unpaired) electrons. The number of non-ortho nitro benzene ring substituents is 1. The average molecular weight is 389 g/mol. The fourth-order valence-corrected chi connectivity index (χ4v) is 2.22. The van der Waals surface area contributed by atoms with E-state index in [1.807, 2.05) is 0 Å². The highest BCUT2D eigenvalue weighted by molar-refractivity contribution is 9.10. The van der Waals surface area contributed by atoms with Crippen LogP contribution in [0.5, 0.6) is 0 Å². The molecule has 0 bridgehead atoms. The Labute approximate surface area is 124 Å². The molecule has 1 heterocycles. The van der Waals surface area contributed by atoms with Gasteiger partial charge in [0.1, 0.15) is 5.69 Å². The number of hydrogen-bond acceptors (Lipinski definition) is 3. The molecule has 0 aliphatic heterocycles. The first kappa shape index (κ1) is 13.8. The maximum Gasteiger partial charge on any atom is 0.272 e. The van der Waals surface area contributed by atoms with Gasteiger partial charge in [-0.1, -0.05) is 0 Å². The number of aromatic amines is 1. The first-order chi connectivity index (χ1) is 8.97. The maximum atomic E-state index is 11.9. The van der Waals surface area contributed by atoms with Crippen molar-refractivity contribution in [1.82, 2.24) is 4.98 Å². The second-order valence-electron chi connectivity index (χ2n) is 3.61. The summed E-state index contributed by atoms with van der Waals surface area (Å²) in [6.07, 6.45) is 1.64. The minimum atomic E-state index is -0.502. The number of halogens is 2. The van der Waals surface area contributed by atoms with E-state index in [0.717, 1.165) is 4.47 Å². The van der Waals surface area contributed by atoms with Gasteiger partial charge in [0, 0.05) is 27.3 Å². The van der Waals surface area contributed by atoms with E-state index in [0.29, 0.717) is 15.9 Å². The fourth-order valence-electron chi connectivity index (χ4n) is 1.41. The third kappa shape index (κ3) is 3.21. The molecule has 2 rings (SSSR count). The zero-order valence-electron chi connectivity index (χ0n) is 9.31. The summed E-state index contributed by atoms with van der Waals surface area (Å²) in [6, 6.07) is 5.76. The molecule has 2 N–H and O–H groups in total. The van der Waals surface area contributed by atoms with E-state index in [2.05, 4.69) is 42.2 Å². The number of aromatic nitrogens is 1. The van der Waals surface area contributed by atoms with Crippen LogP contribution in [0.25, 0.3) is 0 Å². The first-order valence-electron chi connectivity index (χ1n) is 5.06. The van der Waals surface area contributed by atoms with Gasteiger partial charge < -0.3 is 10.3 Å². The smallest absolute Gasteiger partial charge is 0.272 e. The van der Waals surface area contributed by atoms with Gasteiger partial charge in [-0.2, -0.15) is 0 Å². The van der Waals surface area contributed by atoms with E-state index < -0.39 is 4.92 Å². The molecule has 0 spiro atoms. The number of rotatable bonds is 3. The lowest BCUT2D eigenvalue weighted by molar-refractivity contribution is -0.384. The monoisotopic (exact) mass is 387 g/mol. The van der Waals surface area contributed by atoms with E-state index in [9.17, 15) is 14.9 Å². The lowest BCUT2D eigenvalue weighted by Crippen LogP contribution is -2.12. The summed E-state index contributed by atoms with van der Waals surface area (Å²) in [5, 5.41) is 13.2.